The lowest BCUT2D eigenvalue weighted by atomic mass is 10.1. The van der Waals surface area contributed by atoms with E-state index in [4.69, 9.17) is 9.84 Å². The van der Waals surface area contributed by atoms with Crippen molar-refractivity contribution in [2.45, 2.75) is 84.2 Å². The van der Waals surface area contributed by atoms with Gasteiger partial charge in [0.05, 0.1) is 0 Å². The van der Waals surface area contributed by atoms with E-state index in [0.29, 0.717) is 13.0 Å². The van der Waals surface area contributed by atoms with Gasteiger partial charge in [-0.3, -0.25) is 0 Å². The fourth-order valence-electron chi connectivity index (χ4n) is 2.00. The molecule has 0 saturated carbocycles. The Labute approximate surface area is 112 Å². The van der Waals surface area contributed by atoms with Crippen LogP contribution in [0.3, 0.4) is 0 Å². The number of rotatable bonds is 13. The second kappa shape index (κ2) is 12.9. The highest BCUT2D eigenvalue weighted by Crippen LogP contribution is 2.10. The van der Waals surface area contributed by atoms with Crippen LogP contribution in [-0.2, 0) is 9.53 Å². The maximum atomic E-state index is 10.7. The van der Waals surface area contributed by atoms with Gasteiger partial charge in [0.2, 0.25) is 0 Å². The van der Waals surface area contributed by atoms with E-state index in [-0.39, 0.29) is 0 Å². The maximum Gasteiger partial charge on any atom is 0.332 e. The smallest absolute Gasteiger partial charge is 0.332 e. The van der Waals surface area contributed by atoms with Gasteiger partial charge in [-0.05, 0) is 12.8 Å². The molecule has 0 aliphatic heterocycles. The molecule has 0 aromatic heterocycles. The van der Waals surface area contributed by atoms with Crippen LogP contribution in [0, 0.1) is 0 Å². The third kappa shape index (κ3) is 10.6. The van der Waals surface area contributed by atoms with Crippen molar-refractivity contribution in [2.75, 3.05) is 6.61 Å². The molecular weight excluding hydrogens is 228 g/mol. The van der Waals surface area contributed by atoms with Crippen molar-refractivity contribution in [3.63, 3.8) is 0 Å². The molecule has 0 spiro atoms. The minimum atomic E-state index is -0.839. The summed E-state index contributed by atoms with van der Waals surface area (Å²) in [4.78, 5) is 10.7. The standard InChI is InChI=1S/C15H30O3/c1-3-5-6-7-8-9-10-11-12-13-18-14(4-2)15(16)17/h14H,3-13H2,1-2H3,(H,16,17). The summed E-state index contributed by atoms with van der Waals surface area (Å²) in [6.45, 7) is 4.66. The zero-order valence-corrected chi connectivity index (χ0v) is 12.1. The van der Waals surface area contributed by atoms with Gasteiger partial charge in [0.1, 0.15) is 0 Å². The van der Waals surface area contributed by atoms with E-state index in [1.807, 2.05) is 6.92 Å². The van der Waals surface area contributed by atoms with Gasteiger partial charge in [-0.1, -0.05) is 65.2 Å². The Bertz CT molecular complexity index is 192. The second-order valence-corrected chi connectivity index (χ2v) is 4.93. The molecule has 0 rings (SSSR count). The van der Waals surface area contributed by atoms with E-state index in [9.17, 15) is 4.79 Å². The van der Waals surface area contributed by atoms with Gasteiger partial charge in [0.15, 0.2) is 6.10 Å². The molecule has 0 aliphatic rings. The third-order valence-electron chi connectivity index (χ3n) is 3.21. The van der Waals surface area contributed by atoms with E-state index in [2.05, 4.69) is 6.92 Å². The van der Waals surface area contributed by atoms with Crippen LogP contribution >= 0.6 is 0 Å². The van der Waals surface area contributed by atoms with Crippen LogP contribution < -0.4 is 0 Å². The molecule has 1 atom stereocenters. The van der Waals surface area contributed by atoms with Gasteiger partial charge >= 0.3 is 5.97 Å². The monoisotopic (exact) mass is 258 g/mol. The average molecular weight is 258 g/mol. The molecule has 0 aromatic carbocycles. The Hall–Kier alpha value is -0.570. The Morgan fingerprint density at radius 2 is 1.44 bits per heavy atom. The van der Waals surface area contributed by atoms with E-state index in [1.165, 1.54) is 44.9 Å². The Morgan fingerprint density at radius 3 is 1.89 bits per heavy atom. The minimum Gasteiger partial charge on any atom is -0.479 e. The van der Waals surface area contributed by atoms with Crippen molar-refractivity contribution in [2.24, 2.45) is 0 Å². The molecule has 108 valence electrons. The largest absolute Gasteiger partial charge is 0.479 e. The second-order valence-electron chi connectivity index (χ2n) is 4.93. The predicted octanol–water partition coefficient (Wildman–Crippen LogP) is 4.40. The third-order valence-corrected chi connectivity index (χ3v) is 3.21. The Morgan fingerprint density at radius 1 is 0.944 bits per heavy atom. The zero-order valence-electron chi connectivity index (χ0n) is 12.1. The van der Waals surface area contributed by atoms with Gasteiger partial charge in [-0.2, -0.15) is 0 Å². The Balaban J connectivity index is 3.18. The first-order chi connectivity index (χ1) is 8.72. The van der Waals surface area contributed by atoms with Crippen LogP contribution in [0.15, 0.2) is 0 Å². The topological polar surface area (TPSA) is 46.5 Å². The van der Waals surface area contributed by atoms with Crippen LogP contribution in [-0.4, -0.2) is 23.8 Å². The van der Waals surface area contributed by atoms with Crippen molar-refractivity contribution in [1.29, 1.82) is 0 Å². The number of hydrogen-bond acceptors (Lipinski definition) is 2. The Kier molecular flexibility index (Phi) is 12.5. The summed E-state index contributed by atoms with van der Waals surface area (Å²) in [5, 5.41) is 8.79. The number of aliphatic carboxylic acids is 1. The molecular formula is C15H30O3. The van der Waals surface area contributed by atoms with Crippen molar-refractivity contribution in [1.82, 2.24) is 0 Å². The SMILES string of the molecule is CCCCCCCCCCCOC(CC)C(=O)O. The van der Waals surface area contributed by atoms with E-state index in [0.717, 1.165) is 12.8 Å². The fourth-order valence-corrected chi connectivity index (χ4v) is 2.00. The summed E-state index contributed by atoms with van der Waals surface area (Å²) in [5.41, 5.74) is 0. The number of ether oxygens (including phenoxy) is 1. The highest BCUT2D eigenvalue weighted by atomic mass is 16.5. The molecule has 1 unspecified atom stereocenters. The van der Waals surface area contributed by atoms with Gasteiger partial charge in [0, 0.05) is 6.61 Å². The quantitative estimate of drug-likeness (QED) is 0.498. The van der Waals surface area contributed by atoms with Crippen LogP contribution in [0.1, 0.15) is 78.1 Å². The molecule has 0 aliphatic carbocycles. The summed E-state index contributed by atoms with van der Waals surface area (Å²) in [7, 11) is 0. The highest BCUT2D eigenvalue weighted by Gasteiger charge is 2.14. The van der Waals surface area contributed by atoms with E-state index in [1.54, 1.807) is 0 Å². The number of carbonyl (C=O) groups is 1. The van der Waals surface area contributed by atoms with Crippen LogP contribution in [0.5, 0.6) is 0 Å². The van der Waals surface area contributed by atoms with Crippen molar-refractivity contribution < 1.29 is 14.6 Å². The van der Waals surface area contributed by atoms with Crippen molar-refractivity contribution in [3.05, 3.63) is 0 Å². The summed E-state index contributed by atoms with van der Waals surface area (Å²) in [6, 6.07) is 0. The average Bonchev–Trinajstić information content (AvgIpc) is 2.35. The number of carboxylic acid groups (broad SMARTS) is 1. The lowest BCUT2D eigenvalue weighted by molar-refractivity contribution is -0.150. The number of unbranched alkanes of at least 4 members (excludes halogenated alkanes) is 8. The molecule has 0 saturated heterocycles. The molecule has 0 radical (unpaired) electrons. The molecule has 0 bridgehead atoms. The minimum absolute atomic E-state index is 0.548. The fraction of sp³-hybridized carbons (Fsp3) is 0.933. The molecule has 1 N–H and O–H groups in total. The van der Waals surface area contributed by atoms with Gasteiger partial charge < -0.3 is 9.84 Å². The molecule has 0 amide bonds. The molecule has 18 heavy (non-hydrogen) atoms. The summed E-state index contributed by atoms with van der Waals surface area (Å²) in [6.07, 6.45) is 11.4. The van der Waals surface area contributed by atoms with Crippen molar-refractivity contribution >= 4 is 5.97 Å². The summed E-state index contributed by atoms with van der Waals surface area (Å²) < 4.78 is 5.31. The highest BCUT2D eigenvalue weighted by molar-refractivity contribution is 5.72. The summed E-state index contributed by atoms with van der Waals surface area (Å²) in [5.74, 6) is -0.839. The van der Waals surface area contributed by atoms with Gasteiger partial charge in [-0.15, -0.1) is 0 Å². The molecule has 0 fully saturated rings. The molecule has 3 nitrogen and oxygen atoms in total. The van der Waals surface area contributed by atoms with Crippen LogP contribution in [0.2, 0.25) is 0 Å². The zero-order chi connectivity index (χ0) is 13.6. The first kappa shape index (κ1) is 17.4. The van der Waals surface area contributed by atoms with E-state index >= 15 is 0 Å². The summed E-state index contributed by atoms with van der Waals surface area (Å²) >= 11 is 0. The first-order valence-corrected chi connectivity index (χ1v) is 7.56. The number of carboxylic acids is 1. The lowest BCUT2D eigenvalue weighted by Crippen LogP contribution is -2.23. The van der Waals surface area contributed by atoms with Crippen LogP contribution in [0.25, 0.3) is 0 Å². The first-order valence-electron chi connectivity index (χ1n) is 7.56. The van der Waals surface area contributed by atoms with E-state index < -0.39 is 12.1 Å². The maximum absolute atomic E-state index is 10.7. The number of hydrogen-bond donors (Lipinski definition) is 1. The molecule has 0 heterocycles. The predicted molar refractivity (Wildman–Crippen MR) is 74.9 cm³/mol. The molecule has 0 aromatic rings. The molecule has 3 heteroatoms. The lowest BCUT2D eigenvalue weighted by Gasteiger charge is -2.10. The van der Waals surface area contributed by atoms with Crippen LogP contribution in [0.4, 0.5) is 0 Å². The van der Waals surface area contributed by atoms with Gasteiger partial charge in [0.25, 0.3) is 0 Å². The van der Waals surface area contributed by atoms with Gasteiger partial charge in [-0.25, -0.2) is 4.79 Å². The van der Waals surface area contributed by atoms with Crippen molar-refractivity contribution in [3.8, 4) is 0 Å². The normalized spacial score (nSPS) is 12.6.